The van der Waals surface area contributed by atoms with Gasteiger partial charge in [-0.3, -0.25) is 4.79 Å². The number of anilines is 1. The molecule has 1 heterocycles. The Labute approximate surface area is 107 Å². The van der Waals surface area contributed by atoms with Crippen LogP contribution in [0.15, 0.2) is 18.3 Å². The van der Waals surface area contributed by atoms with Crippen LogP contribution in [0, 0.1) is 5.41 Å². The van der Waals surface area contributed by atoms with Gasteiger partial charge in [-0.05, 0) is 18.9 Å². The van der Waals surface area contributed by atoms with Crippen LogP contribution in [0.1, 0.15) is 19.8 Å². The first-order valence-corrected chi connectivity index (χ1v) is 6.03. The molecule has 0 atom stereocenters. The van der Waals surface area contributed by atoms with Crippen molar-refractivity contribution in [2.75, 3.05) is 25.6 Å². The molecule has 1 saturated carbocycles. The second-order valence-corrected chi connectivity index (χ2v) is 4.74. The Kier molecular flexibility index (Phi) is 3.81. The third-order valence-corrected chi connectivity index (χ3v) is 3.08. The highest BCUT2D eigenvalue weighted by molar-refractivity contribution is 5.96. The van der Waals surface area contributed by atoms with Crippen LogP contribution < -0.4 is 10.1 Å². The Morgan fingerprint density at radius 1 is 1.44 bits per heavy atom. The van der Waals surface area contributed by atoms with Crippen molar-refractivity contribution in [1.29, 1.82) is 0 Å². The number of hydrogen-bond acceptors (Lipinski definition) is 4. The van der Waals surface area contributed by atoms with E-state index in [1.807, 2.05) is 6.92 Å². The number of ether oxygens (including phenoxy) is 2. The molecule has 0 aliphatic heterocycles. The van der Waals surface area contributed by atoms with E-state index in [0.29, 0.717) is 24.8 Å². The molecule has 1 aromatic heterocycles. The average molecular weight is 250 g/mol. The van der Waals surface area contributed by atoms with E-state index in [4.69, 9.17) is 9.47 Å². The van der Waals surface area contributed by atoms with Gasteiger partial charge in [0.25, 0.3) is 0 Å². The van der Waals surface area contributed by atoms with Crippen LogP contribution in [0.3, 0.4) is 0 Å². The Balaban J connectivity index is 1.85. The SMILES string of the molecule is COCCOc1ccc(NC(=O)C2(C)CC2)cn1. The van der Waals surface area contributed by atoms with Crippen LogP contribution >= 0.6 is 0 Å². The second-order valence-electron chi connectivity index (χ2n) is 4.74. The van der Waals surface area contributed by atoms with Gasteiger partial charge in [0.15, 0.2) is 0 Å². The van der Waals surface area contributed by atoms with E-state index in [-0.39, 0.29) is 11.3 Å². The third-order valence-electron chi connectivity index (χ3n) is 3.08. The van der Waals surface area contributed by atoms with Gasteiger partial charge in [-0.2, -0.15) is 0 Å². The highest BCUT2D eigenvalue weighted by Gasteiger charge is 2.44. The molecule has 0 saturated heterocycles. The molecule has 5 heteroatoms. The minimum atomic E-state index is -0.173. The van der Waals surface area contributed by atoms with Crippen molar-refractivity contribution in [3.8, 4) is 5.88 Å². The summed E-state index contributed by atoms with van der Waals surface area (Å²) in [6.45, 7) is 2.96. The maximum Gasteiger partial charge on any atom is 0.230 e. The number of rotatable bonds is 6. The largest absolute Gasteiger partial charge is 0.475 e. The molecule has 0 bridgehead atoms. The zero-order valence-corrected chi connectivity index (χ0v) is 10.7. The predicted molar refractivity (Wildman–Crippen MR) is 67.6 cm³/mol. The Bertz CT molecular complexity index is 413. The van der Waals surface area contributed by atoms with E-state index in [1.54, 1.807) is 25.4 Å². The summed E-state index contributed by atoms with van der Waals surface area (Å²) in [4.78, 5) is 15.9. The molecule has 98 valence electrons. The molecule has 1 amide bonds. The minimum Gasteiger partial charge on any atom is -0.475 e. The Hall–Kier alpha value is -1.62. The number of nitrogens with zero attached hydrogens (tertiary/aromatic N) is 1. The van der Waals surface area contributed by atoms with Gasteiger partial charge in [-0.1, -0.05) is 6.92 Å². The van der Waals surface area contributed by atoms with Crippen molar-refractivity contribution in [1.82, 2.24) is 4.98 Å². The lowest BCUT2D eigenvalue weighted by Gasteiger charge is -2.10. The molecule has 1 aromatic rings. The van der Waals surface area contributed by atoms with Gasteiger partial charge in [0, 0.05) is 18.6 Å². The predicted octanol–water partition coefficient (Wildman–Crippen LogP) is 1.85. The smallest absolute Gasteiger partial charge is 0.230 e. The summed E-state index contributed by atoms with van der Waals surface area (Å²) in [6.07, 6.45) is 3.53. The van der Waals surface area contributed by atoms with Crippen LogP contribution in [0.5, 0.6) is 5.88 Å². The van der Waals surface area contributed by atoms with E-state index < -0.39 is 0 Å². The van der Waals surface area contributed by atoms with Crippen LogP contribution in [0.4, 0.5) is 5.69 Å². The first-order chi connectivity index (χ1) is 8.64. The van der Waals surface area contributed by atoms with Crippen molar-refractivity contribution in [3.63, 3.8) is 0 Å². The first kappa shape index (κ1) is 12.8. The zero-order valence-electron chi connectivity index (χ0n) is 10.7. The zero-order chi connectivity index (χ0) is 13.0. The fraction of sp³-hybridized carbons (Fsp3) is 0.538. The molecule has 1 N–H and O–H groups in total. The van der Waals surface area contributed by atoms with Crippen LogP contribution in [-0.4, -0.2) is 31.2 Å². The van der Waals surface area contributed by atoms with Crippen LogP contribution in [0.25, 0.3) is 0 Å². The first-order valence-electron chi connectivity index (χ1n) is 6.03. The molecule has 0 radical (unpaired) electrons. The van der Waals surface area contributed by atoms with E-state index in [2.05, 4.69) is 10.3 Å². The molecule has 0 aromatic carbocycles. The molecule has 1 fully saturated rings. The van der Waals surface area contributed by atoms with Crippen molar-refractivity contribution in [2.45, 2.75) is 19.8 Å². The summed E-state index contributed by atoms with van der Waals surface area (Å²) in [5, 5.41) is 2.86. The van der Waals surface area contributed by atoms with Gasteiger partial charge >= 0.3 is 0 Å². The summed E-state index contributed by atoms with van der Waals surface area (Å²) < 4.78 is 10.2. The molecule has 0 spiro atoms. The molecule has 1 aliphatic carbocycles. The summed E-state index contributed by atoms with van der Waals surface area (Å²) in [7, 11) is 1.62. The monoisotopic (exact) mass is 250 g/mol. The highest BCUT2D eigenvalue weighted by Crippen LogP contribution is 2.45. The standard InChI is InChI=1S/C13H18N2O3/c1-13(5-6-13)12(16)15-10-3-4-11(14-9-10)18-8-7-17-2/h3-4,9H,5-8H2,1-2H3,(H,15,16). The lowest BCUT2D eigenvalue weighted by atomic mass is 10.1. The van der Waals surface area contributed by atoms with Gasteiger partial charge in [-0.25, -0.2) is 4.98 Å². The topological polar surface area (TPSA) is 60.5 Å². The van der Waals surface area contributed by atoms with Gasteiger partial charge in [0.05, 0.1) is 18.5 Å². The average Bonchev–Trinajstić information content (AvgIpc) is 3.11. The second kappa shape index (κ2) is 5.35. The summed E-state index contributed by atoms with van der Waals surface area (Å²) in [5.41, 5.74) is 0.528. The van der Waals surface area contributed by atoms with E-state index in [9.17, 15) is 4.79 Å². The lowest BCUT2D eigenvalue weighted by Crippen LogP contribution is -2.21. The normalized spacial score (nSPS) is 16.1. The Morgan fingerprint density at radius 2 is 2.22 bits per heavy atom. The minimum absolute atomic E-state index is 0.0670. The van der Waals surface area contributed by atoms with Crippen LogP contribution in [0.2, 0.25) is 0 Å². The lowest BCUT2D eigenvalue weighted by molar-refractivity contribution is -0.120. The third kappa shape index (κ3) is 3.20. The number of pyridine rings is 1. The van der Waals surface area contributed by atoms with Crippen molar-refractivity contribution < 1.29 is 14.3 Å². The molecular weight excluding hydrogens is 232 g/mol. The van der Waals surface area contributed by atoms with E-state index in [0.717, 1.165) is 12.8 Å². The van der Waals surface area contributed by atoms with Gasteiger partial charge in [0.1, 0.15) is 6.61 Å². The van der Waals surface area contributed by atoms with E-state index in [1.165, 1.54) is 0 Å². The van der Waals surface area contributed by atoms with Crippen LogP contribution in [-0.2, 0) is 9.53 Å². The van der Waals surface area contributed by atoms with Crippen molar-refractivity contribution >= 4 is 11.6 Å². The fourth-order valence-electron chi connectivity index (χ4n) is 1.47. The maximum absolute atomic E-state index is 11.8. The Morgan fingerprint density at radius 3 is 2.78 bits per heavy atom. The number of methoxy groups -OCH3 is 1. The number of carbonyl (C=O) groups is 1. The van der Waals surface area contributed by atoms with Crippen molar-refractivity contribution in [2.24, 2.45) is 5.41 Å². The molecular formula is C13H18N2O3. The summed E-state index contributed by atoms with van der Waals surface area (Å²) >= 11 is 0. The van der Waals surface area contributed by atoms with Crippen molar-refractivity contribution in [3.05, 3.63) is 18.3 Å². The molecule has 2 rings (SSSR count). The summed E-state index contributed by atoms with van der Waals surface area (Å²) in [5.74, 6) is 0.597. The summed E-state index contributed by atoms with van der Waals surface area (Å²) in [6, 6.07) is 3.53. The number of nitrogens with one attached hydrogen (secondary N) is 1. The van der Waals surface area contributed by atoms with Gasteiger partial charge < -0.3 is 14.8 Å². The molecule has 18 heavy (non-hydrogen) atoms. The molecule has 1 aliphatic rings. The molecule has 0 unspecified atom stereocenters. The quantitative estimate of drug-likeness (QED) is 0.783. The number of hydrogen-bond donors (Lipinski definition) is 1. The van der Waals surface area contributed by atoms with Gasteiger partial charge in [-0.15, -0.1) is 0 Å². The van der Waals surface area contributed by atoms with E-state index >= 15 is 0 Å². The fourth-order valence-corrected chi connectivity index (χ4v) is 1.47. The maximum atomic E-state index is 11.8. The highest BCUT2D eigenvalue weighted by atomic mass is 16.5. The number of aromatic nitrogens is 1. The van der Waals surface area contributed by atoms with Gasteiger partial charge in [0.2, 0.25) is 11.8 Å². The number of carbonyl (C=O) groups excluding carboxylic acids is 1. The number of amides is 1. The molecule has 5 nitrogen and oxygen atoms in total.